The van der Waals surface area contributed by atoms with Crippen LogP contribution in [0.4, 0.5) is 0 Å². The maximum atomic E-state index is 11.7. The van der Waals surface area contributed by atoms with Gasteiger partial charge in [0.05, 0.1) is 0 Å². The standard InChI is InChI=1S/C11H21N3O2/c1-11(2,3)13-9(15)8-10(16)14-6-4-12-5-7-14/h12H,4-8H2,1-3H3,(H,13,15). The fraction of sp³-hybridized carbons (Fsp3) is 0.818. The summed E-state index contributed by atoms with van der Waals surface area (Å²) in [6, 6.07) is 0. The number of hydrogen-bond donors (Lipinski definition) is 2. The van der Waals surface area contributed by atoms with Crippen LogP contribution in [0.1, 0.15) is 27.2 Å². The van der Waals surface area contributed by atoms with E-state index in [1.807, 2.05) is 20.8 Å². The first-order chi connectivity index (χ1) is 7.38. The first-order valence-corrected chi connectivity index (χ1v) is 5.68. The minimum atomic E-state index is -0.277. The first kappa shape index (κ1) is 13.0. The van der Waals surface area contributed by atoms with Crippen molar-refractivity contribution in [2.24, 2.45) is 0 Å². The van der Waals surface area contributed by atoms with Gasteiger partial charge in [0, 0.05) is 31.7 Å². The molecule has 0 bridgehead atoms. The van der Waals surface area contributed by atoms with Gasteiger partial charge in [-0.2, -0.15) is 0 Å². The third kappa shape index (κ3) is 4.61. The lowest BCUT2D eigenvalue weighted by Crippen LogP contribution is -2.48. The summed E-state index contributed by atoms with van der Waals surface area (Å²) in [5.74, 6) is -0.278. The Balaban J connectivity index is 2.35. The molecule has 0 aromatic rings. The van der Waals surface area contributed by atoms with Crippen molar-refractivity contribution >= 4 is 11.8 Å². The maximum absolute atomic E-state index is 11.7. The number of nitrogens with zero attached hydrogens (tertiary/aromatic N) is 1. The average Bonchev–Trinajstić information content (AvgIpc) is 2.16. The monoisotopic (exact) mass is 227 g/mol. The Kier molecular flexibility index (Phi) is 4.29. The van der Waals surface area contributed by atoms with E-state index in [1.54, 1.807) is 4.90 Å². The highest BCUT2D eigenvalue weighted by atomic mass is 16.2. The summed E-state index contributed by atoms with van der Waals surface area (Å²) >= 11 is 0. The molecule has 1 heterocycles. The summed E-state index contributed by atoms with van der Waals surface area (Å²) < 4.78 is 0. The number of carbonyl (C=O) groups is 2. The Labute approximate surface area is 96.6 Å². The van der Waals surface area contributed by atoms with E-state index < -0.39 is 0 Å². The summed E-state index contributed by atoms with van der Waals surface area (Å²) in [5, 5.41) is 5.95. The summed E-state index contributed by atoms with van der Waals surface area (Å²) in [4.78, 5) is 25.0. The SMILES string of the molecule is CC(C)(C)NC(=O)CC(=O)N1CCNCC1. The van der Waals surface area contributed by atoms with Gasteiger partial charge in [0.2, 0.25) is 11.8 Å². The molecule has 0 saturated carbocycles. The maximum Gasteiger partial charge on any atom is 0.232 e. The Morgan fingerprint density at radius 3 is 2.31 bits per heavy atom. The van der Waals surface area contributed by atoms with Crippen LogP contribution < -0.4 is 10.6 Å². The number of rotatable bonds is 2. The molecule has 0 aromatic heterocycles. The molecule has 2 amide bonds. The molecule has 16 heavy (non-hydrogen) atoms. The third-order valence-electron chi connectivity index (χ3n) is 2.30. The molecule has 5 heteroatoms. The van der Waals surface area contributed by atoms with Crippen molar-refractivity contribution in [1.82, 2.24) is 15.5 Å². The second kappa shape index (κ2) is 5.30. The van der Waals surface area contributed by atoms with Crippen LogP contribution in [0.3, 0.4) is 0 Å². The number of hydrogen-bond acceptors (Lipinski definition) is 3. The normalized spacial score (nSPS) is 17.1. The minimum Gasteiger partial charge on any atom is -0.351 e. The van der Waals surface area contributed by atoms with Gasteiger partial charge in [-0.25, -0.2) is 0 Å². The van der Waals surface area contributed by atoms with Gasteiger partial charge in [-0.1, -0.05) is 0 Å². The van der Waals surface area contributed by atoms with Gasteiger partial charge in [0.15, 0.2) is 0 Å². The minimum absolute atomic E-state index is 0.0444. The molecule has 0 atom stereocenters. The summed E-state index contributed by atoms with van der Waals surface area (Å²) in [6.45, 7) is 8.73. The van der Waals surface area contributed by atoms with E-state index >= 15 is 0 Å². The molecule has 0 radical (unpaired) electrons. The lowest BCUT2D eigenvalue weighted by atomic mass is 10.1. The Hall–Kier alpha value is -1.10. The van der Waals surface area contributed by atoms with Gasteiger partial charge in [0.25, 0.3) is 0 Å². The second-order valence-corrected chi connectivity index (χ2v) is 5.11. The van der Waals surface area contributed by atoms with Gasteiger partial charge < -0.3 is 15.5 Å². The van der Waals surface area contributed by atoms with Gasteiger partial charge in [-0.15, -0.1) is 0 Å². The molecule has 2 N–H and O–H groups in total. The van der Waals surface area contributed by atoms with Gasteiger partial charge in [0.1, 0.15) is 6.42 Å². The van der Waals surface area contributed by atoms with E-state index in [9.17, 15) is 9.59 Å². The van der Waals surface area contributed by atoms with Crippen molar-refractivity contribution in [3.63, 3.8) is 0 Å². The lowest BCUT2D eigenvalue weighted by Gasteiger charge is -2.28. The quantitative estimate of drug-likeness (QED) is 0.638. The van der Waals surface area contributed by atoms with Crippen LogP contribution in [0.2, 0.25) is 0 Å². The first-order valence-electron chi connectivity index (χ1n) is 5.68. The molecular formula is C11H21N3O2. The van der Waals surface area contributed by atoms with Crippen LogP contribution in [-0.2, 0) is 9.59 Å². The van der Waals surface area contributed by atoms with E-state index in [1.165, 1.54) is 0 Å². The Bertz CT molecular complexity index is 265. The number of nitrogens with one attached hydrogen (secondary N) is 2. The molecule has 0 spiro atoms. The molecule has 0 unspecified atom stereocenters. The van der Waals surface area contributed by atoms with E-state index in [2.05, 4.69) is 10.6 Å². The zero-order valence-corrected chi connectivity index (χ0v) is 10.3. The van der Waals surface area contributed by atoms with Crippen molar-refractivity contribution in [1.29, 1.82) is 0 Å². The van der Waals surface area contributed by atoms with Crippen LogP contribution in [0.25, 0.3) is 0 Å². The molecule has 1 aliphatic rings. The van der Waals surface area contributed by atoms with Gasteiger partial charge in [-0.3, -0.25) is 9.59 Å². The molecular weight excluding hydrogens is 206 g/mol. The van der Waals surface area contributed by atoms with Crippen molar-refractivity contribution < 1.29 is 9.59 Å². The third-order valence-corrected chi connectivity index (χ3v) is 2.30. The number of amides is 2. The summed E-state index contributed by atoms with van der Waals surface area (Å²) in [5.41, 5.74) is -0.277. The van der Waals surface area contributed by atoms with Crippen molar-refractivity contribution in [3.05, 3.63) is 0 Å². The van der Waals surface area contributed by atoms with Crippen molar-refractivity contribution in [2.45, 2.75) is 32.7 Å². The zero-order chi connectivity index (χ0) is 12.2. The Morgan fingerprint density at radius 1 is 1.25 bits per heavy atom. The van der Waals surface area contributed by atoms with Crippen LogP contribution in [0.15, 0.2) is 0 Å². The largest absolute Gasteiger partial charge is 0.351 e. The smallest absolute Gasteiger partial charge is 0.232 e. The summed E-state index contributed by atoms with van der Waals surface area (Å²) in [6.07, 6.45) is -0.0444. The highest BCUT2D eigenvalue weighted by molar-refractivity contribution is 5.97. The summed E-state index contributed by atoms with van der Waals surface area (Å²) in [7, 11) is 0. The van der Waals surface area contributed by atoms with E-state index in [0.29, 0.717) is 13.1 Å². The van der Waals surface area contributed by atoms with E-state index in [4.69, 9.17) is 0 Å². The lowest BCUT2D eigenvalue weighted by molar-refractivity contribution is -0.136. The van der Waals surface area contributed by atoms with E-state index in [-0.39, 0.29) is 23.8 Å². The molecule has 1 aliphatic heterocycles. The zero-order valence-electron chi connectivity index (χ0n) is 10.3. The highest BCUT2D eigenvalue weighted by Gasteiger charge is 2.21. The van der Waals surface area contributed by atoms with Gasteiger partial charge >= 0.3 is 0 Å². The highest BCUT2D eigenvalue weighted by Crippen LogP contribution is 2.01. The molecule has 92 valence electrons. The average molecular weight is 227 g/mol. The Morgan fingerprint density at radius 2 is 1.81 bits per heavy atom. The van der Waals surface area contributed by atoms with Crippen LogP contribution in [0.5, 0.6) is 0 Å². The number of piperazine rings is 1. The second-order valence-electron chi connectivity index (χ2n) is 5.11. The molecule has 0 aliphatic carbocycles. The molecule has 5 nitrogen and oxygen atoms in total. The van der Waals surface area contributed by atoms with E-state index in [0.717, 1.165) is 13.1 Å². The molecule has 1 rings (SSSR count). The van der Waals surface area contributed by atoms with Crippen LogP contribution in [-0.4, -0.2) is 48.4 Å². The topological polar surface area (TPSA) is 61.4 Å². The predicted octanol–water partition coefficient (Wildman–Crippen LogP) is -0.277. The van der Waals surface area contributed by atoms with Gasteiger partial charge in [-0.05, 0) is 20.8 Å². The predicted molar refractivity (Wildman–Crippen MR) is 62.0 cm³/mol. The van der Waals surface area contributed by atoms with Crippen molar-refractivity contribution in [3.8, 4) is 0 Å². The molecule has 1 saturated heterocycles. The van der Waals surface area contributed by atoms with Crippen LogP contribution in [0, 0.1) is 0 Å². The fourth-order valence-electron chi connectivity index (χ4n) is 1.63. The number of carbonyl (C=O) groups excluding carboxylic acids is 2. The fourth-order valence-corrected chi connectivity index (χ4v) is 1.63. The van der Waals surface area contributed by atoms with Crippen molar-refractivity contribution in [2.75, 3.05) is 26.2 Å². The van der Waals surface area contributed by atoms with Crippen LogP contribution >= 0.6 is 0 Å². The molecule has 0 aromatic carbocycles. The molecule has 1 fully saturated rings.